The molecule has 1 saturated heterocycles. The molecule has 1 aliphatic rings. The lowest BCUT2D eigenvalue weighted by Crippen LogP contribution is -2.58. The van der Waals surface area contributed by atoms with E-state index in [2.05, 4.69) is 10.6 Å². The number of carbonyl (C=O) groups excluding carboxylic acids is 1. The van der Waals surface area contributed by atoms with Crippen molar-refractivity contribution in [1.82, 2.24) is 10.6 Å². The number of carbonyl (C=O) groups is 1. The fraction of sp³-hybridized carbons (Fsp3) is 0.611. The number of hydrogen-bond acceptors (Lipinski definition) is 4. The molecule has 1 unspecified atom stereocenters. The highest BCUT2D eigenvalue weighted by molar-refractivity contribution is 5.86. The molecule has 1 aromatic carbocycles. The van der Waals surface area contributed by atoms with E-state index in [4.69, 9.17) is 9.47 Å². The Morgan fingerprint density at radius 2 is 1.96 bits per heavy atom. The molecule has 1 heterocycles. The van der Waals surface area contributed by atoms with Gasteiger partial charge in [-0.3, -0.25) is 4.79 Å². The Balaban J connectivity index is 2.14. The maximum absolute atomic E-state index is 12.9. The minimum atomic E-state index is -0.804. The van der Waals surface area contributed by atoms with E-state index in [1.54, 1.807) is 7.11 Å². The molecule has 128 valence electrons. The minimum absolute atomic E-state index is 0.0147. The third-order valence-corrected chi connectivity index (χ3v) is 4.36. The van der Waals surface area contributed by atoms with Crippen molar-refractivity contribution in [3.05, 3.63) is 29.8 Å². The molecule has 1 atom stereocenters. The summed E-state index contributed by atoms with van der Waals surface area (Å²) < 4.78 is 11.4. The van der Waals surface area contributed by atoms with E-state index in [1.807, 2.05) is 38.1 Å². The van der Waals surface area contributed by atoms with Gasteiger partial charge in [-0.2, -0.15) is 0 Å². The van der Waals surface area contributed by atoms with Crippen LogP contribution in [0.3, 0.4) is 0 Å². The summed E-state index contributed by atoms with van der Waals surface area (Å²) in [6.07, 6.45) is 2.16. The first-order valence-corrected chi connectivity index (χ1v) is 8.36. The Labute approximate surface area is 138 Å². The van der Waals surface area contributed by atoms with Crippen molar-refractivity contribution in [2.75, 3.05) is 26.8 Å². The average Bonchev–Trinajstić information content (AvgIpc) is 2.57. The molecular formula is C18H28N2O3. The highest BCUT2D eigenvalue weighted by atomic mass is 16.5. The van der Waals surface area contributed by atoms with Gasteiger partial charge in [-0.25, -0.2) is 0 Å². The second-order valence-electron chi connectivity index (χ2n) is 6.19. The maximum Gasteiger partial charge on any atom is 0.264 e. The summed E-state index contributed by atoms with van der Waals surface area (Å²) in [6, 6.07) is 7.88. The SMILES string of the molecule is CCC(COC)NC(=O)C1(Oc2ccc(C)cc2)CCNCC1. The number of nitrogens with one attached hydrogen (secondary N) is 2. The molecule has 2 rings (SSSR count). The van der Waals surface area contributed by atoms with Crippen LogP contribution in [0.15, 0.2) is 24.3 Å². The fourth-order valence-corrected chi connectivity index (χ4v) is 2.82. The van der Waals surface area contributed by atoms with Gasteiger partial charge >= 0.3 is 0 Å². The Morgan fingerprint density at radius 1 is 1.30 bits per heavy atom. The molecule has 0 bridgehead atoms. The molecule has 1 fully saturated rings. The van der Waals surface area contributed by atoms with Gasteiger partial charge in [-0.15, -0.1) is 0 Å². The number of ether oxygens (including phenoxy) is 2. The third-order valence-electron chi connectivity index (χ3n) is 4.36. The Morgan fingerprint density at radius 3 is 2.52 bits per heavy atom. The molecule has 1 aliphatic heterocycles. The van der Waals surface area contributed by atoms with Crippen LogP contribution in [0.1, 0.15) is 31.7 Å². The van der Waals surface area contributed by atoms with Crippen LogP contribution in [0, 0.1) is 6.92 Å². The van der Waals surface area contributed by atoms with E-state index in [9.17, 15) is 4.79 Å². The van der Waals surface area contributed by atoms with E-state index < -0.39 is 5.60 Å². The highest BCUT2D eigenvalue weighted by Gasteiger charge is 2.42. The largest absolute Gasteiger partial charge is 0.477 e. The molecule has 23 heavy (non-hydrogen) atoms. The summed E-state index contributed by atoms with van der Waals surface area (Å²) in [4.78, 5) is 12.9. The average molecular weight is 320 g/mol. The summed E-state index contributed by atoms with van der Waals surface area (Å²) in [5.74, 6) is 0.705. The van der Waals surface area contributed by atoms with Crippen molar-refractivity contribution in [3.8, 4) is 5.75 Å². The lowest BCUT2D eigenvalue weighted by molar-refractivity contribution is -0.140. The van der Waals surface area contributed by atoms with E-state index in [-0.39, 0.29) is 11.9 Å². The van der Waals surface area contributed by atoms with Gasteiger partial charge in [0.25, 0.3) is 5.91 Å². The summed E-state index contributed by atoms with van der Waals surface area (Å²) in [5.41, 5.74) is 0.370. The Hall–Kier alpha value is -1.59. The summed E-state index contributed by atoms with van der Waals surface area (Å²) in [5, 5.41) is 6.39. The van der Waals surface area contributed by atoms with Crippen LogP contribution >= 0.6 is 0 Å². The van der Waals surface area contributed by atoms with Crippen LogP contribution in [0.5, 0.6) is 5.75 Å². The van der Waals surface area contributed by atoms with Crippen molar-refractivity contribution < 1.29 is 14.3 Å². The Kier molecular flexibility index (Phi) is 6.42. The van der Waals surface area contributed by atoms with Crippen molar-refractivity contribution >= 4 is 5.91 Å². The van der Waals surface area contributed by atoms with Crippen LogP contribution in [-0.2, 0) is 9.53 Å². The number of piperidine rings is 1. The van der Waals surface area contributed by atoms with Crippen LogP contribution in [0.4, 0.5) is 0 Å². The van der Waals surface area contributed by atoms with E-state index >= 15 is 0 Å². The van der Waals surface area contributed by atoms with Gasteiger partial charge in [-0.05, 0) is 38.6 Å². The first-order valence-electron chi connectivity index (χ1n) is 8.36. The van der Waals surface area contributed by atoms with Crippen molar-refractivity contribution in [2.45, 2.75) is 44.8 Å². The predicted octanol–water partition coefficient (Wildman–Crippen LogP) is 2.04. The lowest BCUT2D eigenvalue weighted by atomic mass is 9.90. The van der Waals surface area contributed by atoms with Gasteiger partial charge in [0.2, 0.25) is 0 Å². The predicted molar refractivity (Wildman–Crippen MR) is 90.7 cm³/mol. The van der Waals surface area contributed by atoms with Gasteiger partial charge < -0.3 is 20.1 Å². The summed E-state index contributed by atoms with van der Waals surface area (Å²) in [6.45, 7) is 6.15. The van der Waals surface area contributed by atoms with Crippen molar-refractivity contribution in [2.24, 2.45) is 0 Å². The van der Waals surface area contributed by atoms with Crippen LogP contribution < -0.4 is 15.4 Å². The molecule has 0 radical (unpaired) electrons. The number of hydrogen-bond donors (Lipinski definition) is 2. The molecule has 0 aliphatic carbocycles. The van der Waals surface area contributed by atoms with Crippen molar-refractivity contribution in [3.63, 3.8) is 0 Å². The monoisotopic (exact) mass is 320 g/mol. The number of rotatable bonds is 7. The second-order valence-corrected chi connectivity index (χ2v) is 6.19. The zero-order chi connectivity index (χ0) is 16.7. The maximum atomic E-state index is 12.9. The summed E-state index contributed by atoms with van der Waals surface area (Å²) >= 11 is 0. The Bertz CT molecular complexity index is 495. The molecule has 0 aromatic heterocycles. The molecule has 0 saturated carbocycles. The first kappa shape index (κ1) is 17.8. The number of methoxy groups -OCH3 is 1. The lowest BCUT2D eigenvalue weighted by Gasteiger charge is -2.37. The summed E-state index contributed by atoms with van der Waals surface area (Å²) in [7, 11) is 1.65. The molecule has 0 spiro atoms. The number of benzene rings is 1. The number of aryl methyl sites for hydroxylation is 1. The second kappa shape index (κ2) is 8.31. The molecule has 2 N–H and O–H groups in total. The molecule has 5 heteroatoms. The van der Waals surface area contributed by atoms with Gasteiger partial charge in [0.1, 0.15) is 5.75 Å². The highest BCUT2D eigenvalue weighted by Crippen LogP contribution is 2.27. The molecule has 1 amide bonds. The fourth-order valence-electron chi connectivity index (χ4n) is 2.82. The normalized spacial score (nSPS) is 18.2. The van der Waals surface area contributed by atoms with E-state index in [1.165, 1.54) is 5.56 Å². The molecule has 5 nitrogen and oxygen atoms in total. The topological polar surface area (TPSA) is 59.6 Å². The van der Waals surface area contributed by atoms with Crippen LogP contribution in [0.2, 0.25) is 0 Å². The quantitative estimate of drug-likeness (QED) is 0.807. The van der Waals surface area contributed by atoms with E-state index in [0.717, 1.165) is 25.3 Å². The smallest absolute Gasteiger partial charge is 0.264 e. The molecular weight excluding hydrogens is 292 g/mol. The molecule has 1 aromatic rings. The van der Waals surface area contributed by atoms with Crippen molar-refractivity contribution in [1.29, 1.82) is 0 Å². The van der Waals surface area contributed by atoms with Gasteiger partial charge in [0.15, 0.2) is 5.60 Å². The third kappa shape index (κ3) is 4.69. The first-order chi connectivity index (χ1) is 11.1. The van der Waals surface area contributed by atoms with Crippen LogP contribution in [0.25, 0.3) is 0 Å². The van der Waals surface area contributed by atoms with Gasteiger partial charge in [-0.1, -0.05) is 24.6 Å². The van der Waals surface area contributed by atoms with E-state index in [0.29, 0.717) is 19.4 Å². The van der Waals surface area contributed by atoms with Gasteiger partial charge in [0.05, 0.1) is 12.6 Å². The zero-order valence-electron chi connectivity index (χ0n) is 14.4. The minimum Gasteiger partial charge on any atom is -0.477 e. The van der Waals surface area contributed by atoms with Crippen LogP contribution in [-0.4, -0.2) is 44.4 Å². The zero-order valence-corrected chi connectivity index (χ0v) is 14.4. The standard InChI is InChI=1S/C18H28N2O3/c1-4-15(13-22-3)20-17(21)18(9-11-19-12-10-18)23-16-7-5-14(2)6-8-16/h5-8,15,19H,4,9-13H2,1-3H3,(H,20,21). The van der Waals surface area contributed by atoms with Gasteiger partial charge in [0, 0.05) is 20.0 Å². The number of amides is 1.